The maximum atomic E-state index is 13.2. The molecule has 2 rings (SSSR count). The molecular weight excluding hydrogens is 363 g/mol. The van der Waals surface area contributed by atoms with E-state index in [0.717, 1.165) is 18.2 Å². The molecule has 132 valence electrons. The van der Waals surface area contributed by atoms with Crippen LogP contribution < -0.4 is 0 Å². The Balaban J connectivity index is 2.39. The monoisotopic (exact) mass is 373 g/mol. The minimum Gasteiger partial charge on any atom is -0.446 e. The van der Waals surface area contributed by atoms with Gasteiger partial charge >= 0.3 is 12.1 Å². The third-order valence-corrected chi connectivity index (χ3v) is 3.52. The van der Waals surface area contributed by atoms with Crippen LogP contribution in [0.25, 0.3) is 0 Å². The number of carbonyl (C=O) groups excluding carboxylic acids is 1. The van der Waals surface area contributed by atoms with E-state index in [1.54, 1.807) is 0 Å². The SMILES string of the molecule is O=C(OCCl)c1ccc(Cc2c([N+](=O)[O-])cccc2C(F)(F)F)cc1. The molecule has 0 aliphatic heterocycles. The van der Waals surface area contributed by atoms with Crippen LogP contribution in [-0.2, 0) is 17.3 Å². The molecule has 0 aromatic heterocycles. The molecule has 9 heteroatoms. The van der Waals surface area contributed by atoms with Gasteiger partial charge in [0.15, 0.2) is 6.07 Å². The minimum atomic E-state index is -4.72. The highest BCUT2D eigenvalue weighted by atomic mass is 35.5. The van der Waals surface area contributed by atoms with Crippen LogP contribution in [0.1, 0.15) is 27.0 Å². The fourth-order valence-corrected chi connectivity index (χ4v) is 2.39. The topological polar surface area (TPSA) is 69.4 Å². The van der Waals surface area contributed by atoms with E-state index in [9.17, 15) is 28.1 Å². The van der Waals surface area contributed by atoms with Crippen LogP contribution >= 0.6 is 11.6 Å². The van der Waals surface area contributed by atoms with Crippen molar-refractivity contribution in [3.8, 4) is 0 Å². The first-order chi connectivity index (χ1) is 11.7. The lowest BCUT2D eigenvalue weighted by Gasteiger charge is -2.13. The summed E-state index contributed by atoms with van der Waals surface area (Å²) in [7, 11) is 0. The van der Waals surface area contributed by atoms with Crippen LogP contribution in [0.3, 0.4) is 0 Å². The zero-order valence-corrected chi connectivity index (χ0v) is 13.3. The maximum Gasteiger partial charge on any atom is 0.416 e. The Hall–Kier alpha value is -2.61. The number of nitro groups is 1. The van der Waals surface area contributed by atoms with Crippen LogP contribution in [-0.4, -0.2) is 17.0 Å². The van der Waals surface area contributed by atoms with E-state index in [2.05, 4.69) is 4.74 Å². The summed E-state index contributed by atoms with van der Waals surface area (Å²) in [5.41, 5.74) is -1.56. The third-order valence-electron chi connectivity index (χ3n) is 3.41. The Kier molecular flexibility index (Phi) is 5.63. The molecule has 0 radical (unpaired) electrons. The van der Waals surface area contributed by atoms with Crippen molar-refractivity contribution in [3.63, 3.8) is 0 Å². The molecule has 0 aliphatic rings. The molecule has 0 spiro atoms. The first-order valence-corrected chi connectivity index (χ1v) is 7.43. The lowest BCUT2D eigenvalue weighted by molar-refractivity contribution is -0.385. The Morgan fingerprint density at radius 2 is 1.80 bits per heavy atom. The van der Waals surface area contributed by atoms with E-state index in [4.69, 9.17) is 11.6 Å². The number of halogens is 4. The van der Waals surface area contributed by atoms with Gasteiger partial charge in [-0.2, -0.15) is 13.2 Å². The van der Waals surface area contributed by atoms with Crippen molar-refractivity contribution in [2.24, 2.45) is 0 Å². The number of esters is 1. The molecular formula is C16H11ClF3NO4. The number of hydrogen-bond donors (Lipinski definition) is 0. The van der Waals surface area contributed by atoms with E-state index in [0.29, 0.717) is 5.56 Å². The number of rotatable bonds is 5. The second kappa shape index (κ2) is 7.52. The van der Waals surface area contributed by atoms with Crippen molar-refractivity contribution in [2.45, 2.75) is 12.6 Å². The summed E-state index contributed by atoms with van der Waals surface area (Å²) in [6.45, 7) is 0. The average molecular weight is 374 g/mol. The van der Waals surface area contributed by atoms with Crippen LogP contribution in [0.5, 0.6) is 0 Å². The molecule has 5 nitrogen and oxygen atoms in total. The zero-order chi connectivity index (χ0) is 18.6. The normalized spacial score (nSPS) is 11.2. The summed E-state index contributed by atoms with van der Waals surface area (Å²) in [5, 5.41) is 11.1. The van der Waals surface area contributed by atoms with Crippen molar-refractivity contribution in [1.29, 1.82) is 0 Å². The zero-order valence-electron chi connectivity index (χ0n) is 12.5. The highest BCUT2D eigenvalue weighted by Gasteiger charge is 2.36. The highest BCUT2D eigenvalue weighted by Crippen LogP contribution is 2.37. The minimum absolute atomic E-state index is 0.169. The first-order valence-electron chi connectivity index (χ1n) is 6.89. The fourth-order valence-electron chi connectivity index (χ4n) is 2.29. The quantitative estimate of drug-likeness (QED) is 0.333. The fraction of sp³-hybridized carbons (Fsp3) is 0.188. The van der Waals surface area contributed by atoms with E-state index < -0.39 is 33.9 Å². The molecule has 2 aromatic carbocycles. The average Bonchev–Trinajstić information content (AvgIpc) is 2.54. The molecule has 0 heterocycles. The lowest BCUT2D eigenvalue weighted by Crippen LogP contribution is -2.11. The molecule has 0 unspecified atom stereocenters. The van der Waals surface area contributed by atoms with Crippen LogP contribution in [0, 0.1) is 10.1 Å². The maximum absolute atomic E-state index is 13.2. The van der Waals surface area contributed by atoms with Crippen LogP contribution in [0.15, 0.2) is 42.5 Å². The molecule has 0 fully saturated rings. The summed E-state index contributed by atoms with van der Waals surface area (Å²) >= 11 is 5.28. The number of carbonyl (C=O) groups is 1. The smallest absolute Gasteiger partial charge is 0.416 e. The summed E-state index contributed by atoms with van der Waals surface area (Å²) in [5.74, 6) is -0.678. The number of benzene rings is 2. The van der Waals surface area contributed by atoms with Crippen LogP contribution in [0.2, 0.25) is 0 Å². The number of alkyl halides is 4. The van der Waals surface area contributed by atoms with Gasteiger partial charge in [0, 0.05) is 18.1 Å². The summed E-state index contributed by atoms with van der Waals surface area (Å²) < 4.78 is 44.0. The number of hydrogen-bond acceptors (Lipinski definition) is 4. The Morgan fingerprint density at radius 3 is 2.32 bits per heavy atom. The molecule has 0 saturated heterocycles. The predicted molar refractivity (Wildman–Crippen MR) is 83.5 cm³/mol. The molecule has 0 atom stereocenters. The van der Waals surface area contributed by atoms with Gasteiger partial charge < -0.3 is 4.74 Å². The van der Waals surface area contributed by atoms with E-state index in [-0.39, 0.29) is 18.1 Å². The summed E-state index contributed by atoms with van der Waals surface area (Å²) in [4.78, 5) is 21.7. The van der Waals surface area contributed by atoms with Gasteiger partial charge in [-0.05, 0) is 23.8 Å². The van der Waals surface area contributed by atoms with E-state index in [1.807, 2.05) is 0 Å². The van der Waals surface area contributed by atoms with Crippen molar-refractivity contribution in [2.75, 3.05) is 6.07 Å². The Bertz CT molecular complexity index is 791. The highest BCUT2D eigenvalue weighted by molar-refractivity contribution is 6.17. The molecule has 2 aromatic rings. The number of ether oxygens (including phenoxy) is 1. The molecule has 0 bridgehead atoms. The van der Waals surface area contributed by atoms with Gasteiger partial charge in [0.05, 0.1) is 16.1 Å². The number of nitro benzene ring substituents is 1. The van der Waals surface area contributed by atoms with Gasteiger partial charge in [0.2, 0.25) is 0 Å². The standard InChI is InChI=1S/C16H11ClF3NO4/c17-9-25-15(22)11-6-4-10(5-7-11)8-12-13(16(18,19)20)2-1-3-14(12)21(23)24/h1-7H,8-9H2. The van der Waals surface area contributed by atoms with Gasteiger partial charge in [-0.3, -0.25) is 10.1 Å². The lowest BCUT2D eigenvalue weighted by atomic mass is 9.97. The second-order valence-corrected chi connectivity index (χ2v) is 5.19. The van der Waals surface area contributed by atoms with Gasteiger partial charge in [-0.1, -0.05) is 29.8 Å². The molecule has 0 saturated carbocycles. The van der Waals surface area contributed by atoms with Gasteiger partial charge in [-0.25, -0.2) is 4.79 Å². The predicted octanol–water partition coefficient (Wildman–Crippen LogP) is 4.56. The van der Waals surface area contributed by atoms with Gasteiger partial charge in [0.25, 0.3) is 5.69 Å². The van der Waals surface area contributed by atoms with Gasteiger partial charge in [0.1, 0.15) is 0 Å². The van der Waals surface area contributed by atoms with Crippen LogP contribution in [0.4, 0.5) is 18.9 Å². The molecule has 25 heavy (non-hydrogen) atoms. The first kappa shape index (κ1) is 18.7. The largest absolute Gasteiger partial charge is 0.446 e. The summed E-state index contributed by atoms with van der Waals surface area (Å²) in [6, 6.07) is 8.01. The summed E-state index contributed by atoms with van der Waals surface area (Å²) in [6.07, 6.45) is -5.03. The second-order valence-electron chi connectivity index (χ2n) is 4.97. The van der Waals surface area contributed by atoms with E-state index >= 15 is 0 Å². The van der Waals surface area contributed by atoms with Crippen molar-refractivity contribution >= 4 is 23.3 Å². The van der Waals surface area contributed by atoms with Crippen molar-refractivity contribution < 1.29 is 27.6 Å². The molecule has 0 aliphatic carbocycles. The number of nitrogens with zero attached hydrogens (tertiary/aromatic N) is 1. The Morgan fingerprint density at radius 1 is 1.16 bits per heavy atom. The Labute approximate surface area is 145 Å². The van der Waals surface area contributed by atoms with Crippen molar-refractivity contribution in [3.05, 3.63) is 74.8 Å². The van der Waals surface area contributed by atoms with Gasteiger partial charge in [-0.15, -0.1) is 0 Å². The van der Waals surface area contributed by atoms with Crippen molar-refractivity contribution in [1.82, 2.24) is 0 Å². The molecule has 0 amide bonds. The third kappa shape index (κ3) is 4.48. The van der Waals surface area contributed by atoms with E-state index in [1.165, 1.54) is 24.3 Å². The molecule has 0 N–H and O–H groups in total.